The average molecular weight is 401 g/mol. The van der Waals surface area contributed by atoms with E-state index in [9.17, 15) is 8.42 Å². The van der Waals surface area contributed by atoms with E-state index in [-0.39, 0.29) is 4.90 Å². The number of anilines is 2. The maximum atomic E-state index is 12.9. The van der Waals surface area contributed by atoms with Gasteiger partial charge in [0.05, 0.1) is 22.9 Å². The summed E-state index contributed by atoms with van der Waals surface area (Å²) < 4.78 is 32.4. The van der Waals surface area contributed by atoms with Crippen LogP contribution in [0.25, 0.3) is 0 Å². The monoisotopic (exact) mass is 400 g/mol. The molecule has 7 nitrogen and oxygen atoms in total. The molecule has 0 aromatic heterocycles. The lowest BCUT2D eigenvalue weighted by Crippen LogP contribution is -2.36. The van der Waals surface area contributed by atoms with Gasteiger partial charge in [-0.1, -0.05) is 6.42 Å². The van der Waals surface area contributed by atoms with E-state index >= 15 is 0 Å². The highest BCUT2D eigenvalue weighted by atomic mass is 32.2. The number of sulfonamides is 1. The largest absolute Gasteiger partial charge is 0.383 e. The van der Waals surface area contributed by atoms with Crippen LogP contribution in [0.3, 0.4) is 0 Å². The highest BCUT2D eigenvalue weighted by Gasteiger charge is 2.26. The van der Waals surface area contributed by atoms with Crippen LogP contribution in [0.1, 0.15) is 19.3 Å². The maximum absolute atomic E-state index is 12.9. The Morgan fingerprint density at radius 2 is 1.96 bits per heavy atom. The van der Waals surface area contributed by atoms with Gasteiger partial charge in [0.2, 0.25) is 10.0 Å². The molecule has 2 rings (SSSR count). The second-order valence-corrected chi connectivity index (χ2v) is 8.76. The minimum Gasteiger partial charge on any atom is -0.383 e. The molecule has 1 fully saturated rings. The zero-order chi connectivity index (χ0) is 19.2. The third kappa shape index (κ3) is 5.29. The Morgan fingerprint density at radius 3 is 2.58 bits per heavy atom. The molecule has 1 saturated heterocycles. The number of piperidine rings is 1. The lowest BCUT2D eigenvalue weighted by molar-refractivity contribution is 0.204. The van der Waals surface area contributed by atoms with Crippen LogP contribution in [0.15, 0.2) is 23.1 Å². The quantitative estimate of drug-likeness (QED) is 0.535. The lowest BCUT2D eigenvalue weighted by Gasteiger charge is -2.27. The summed E-state index contributed by atoms with van der Waals surface area (Å²) in [7, 11) is 1.94. The average Bonchev–Trinajstić information content (AvgIpc) is 2.62. The smallest absolute Gasteiger partial charge is 0.243 e. The van der Waals surface area contributed by atoms with Crippen molar-refractivity contribution in [1.29, 1.82) is 0 Å². The Kier molecular flexibility index (Phi) is 7.63. The van der Waals surface area contributed by atoms with E-state index in [1.807, 2.05) is 19.0 Å². The van der Waals surface area contributed by atoms with Crippen LogP contribution >= 0.6 is 12.2 Å². The maximum Gasteiger partial charge on any atom is 0.243 e. The van der Waals surface area contributed by atoms with Gasteiger partial charge in [0.1, 0.15) is 0 Å². The van der Waals surface area contributed by atoms with E-state index in [2.05, 4.69) is 10.6 Å². The molecular weight excluding hydrogens is 372 g/mol. The fraction of sp³-hybridized carbons (Fsp3) is 0.588. The molecule has 0 spiro atoms. The predicted molar refractivity (Wildman–Crippen MR) is 109 cm³/mol. The summed E-state index contributed by atoms with van der Waals surface area (Å²) >= 11 is 5.30. The molecule has 0 amide bonds. The first-order chi connectivity index (χ1) is 12.4. The molecule has 1 aliphatic heterocycles. The van der Waals surface area contributed by atoms with Crippen LogP contribution in [0.2, 0.25) is 0 Å². The van der Waals surface area contributed by atoms with E-state index < -0.39 is 10.0 Å². The SMILES string of the molecule is COCCNC(=S)Nc1cc(S(=O)(=O)N2CCCCC2)ccc1N(C)C. The van der Waals surface area contributed by atoms with Crippen LogP contribution in [-0.4, -0.2) is 65.3 Å². The molecule has 0 aliphatic carbocycles. The van der Waals surface area contributed by atoms with Crippen molar-refractivity contribution in [3.05, 3.63) is 18.2 Å². The molecule has 146 valence electrons. The number of methoxy groups -OCH3 is 1. The lowest BCUT2D eigenvalue weighted by atomic mass is 10.2. The van der Waals surface area contributed by atoms with Gasteiger partial charge in [-0.3, -0.25) is 0 Å². The van der Waals surface area contributed by atoms with Crippen LogP contribution in [-0.2, 0) is 14.8 Å². The molecule has 9 heteroatoms. The second kappa shape index (κ2) is 9.50. The number of nitrogens with one attached hydrogen (secondary N) is 2. The van der Waals surface area contributed by atoms with E-state index in [0.29, 0.717) is 37.0 Å². The van der Waals surface area contributed by atoms with E-state index in [1.165, 1.54) is 0 Å². The molecule has 0 bridgehead atoms. The fourth-order valence-electron chi connectivity index (χ4n) is 2.85. The topological polar surface area (TPSA) is 73.9 Å². The van der Waals surface area contributed by atoms with Gasteiger partial charge in [-0.2, -0.15) is 4.31 Å². The van der Waals surface area contributed by atoms with Crippen LogP contribution in [0.4, 0.5) is 11.4 Å². The predicted octanol–water partition coefficient (Wildman–Crippen LogP) is 1.86. The molecule has 0 atom stereocenters. The zero-order valence-electron chi connectivity index (χ0n) is 15.6. The van der Waals surface area contributed by atoms with Crippen molar-refractivity contribution in [2.24, 2.45) is 0 Å². The van der Waals surface area contributed by atoms with Gasteiger partial charge >= 0.3 is 0 Å². The first-order valence-electron chi connectivity index (χ1n) is 8.71. The number of ether oxygens (including phenoxy) is 1. The zero-order valence-corrected chi connectivity index (χ0v) is 17.3. The van der Waals surface area contributed by atoms with Crippen molar-refractivity contribution in [3.8, 4) is 0 Å². The molecule has 2 N–H and O–H groups in total. The first-order valence-corrected chi connectivity index (χ1v) is 10.6. The van der Waals surface area contributed by atoms with Gasteiger partial charge in [-0.25, -0.2) is 8.42 Å². The Morgan fingerprint density at radius 1 is 1.27 bits per heavy atom. The molecule has 26 heavy (non-hydrogen) atoms. The van der Waals surface area contributed by atoms with Crippen LogP contribution < -0.4 is 15.5 Å². The van der Waals surface area contributed by atoms with Crippen molar-refractivity contribution < 1.29 is 13.2 Å². The molecule has 1 aromatic carbocycles. The van der Waals surface area contributed by atoms with Crippen molar-refractivity contribution >= 4 is 38.7 Å². The number of hydrogen-bond donors (Lipinski definition) is 2. The molecule has 1 aliphatic rings. The standard InChI is InChI=1S/C17H28N4O3S2/c1-20(2)16-8-7-14(26(22,23)21-10-5-4-6-11-21)13-15(16)19-17(25)18-9-12-24-3/h7-8,13H,4-6,9-12H2,1-3H3,(H2,18,19,25). The fourth-order valence-corrected chi connectivity index (χ4v) is 4.61. The Balaban J connectivity index is 2.25. The van der Waals surface area contributed by atoms with Gasteiger partial charge < -0.3 is 20.3 Å². The molecule has 1 heterocycles. The Hall–Kier alpha value is -1.42. The van der Waals surface area contributed by atoms with Crippen molar-refractivity contribution in [2.75, 3.05) is 57.7 Å². The number of rotatable bonds is 7. The summed E-state index contributed by atoms with van der Waals surface area (Å²) in [6, 6.07) is 5.12. The second-order valence-electron chi connectivity index (χ2n) is 6.41. The summed E-state index contributed by atoms with van der Waals surface area (Å²) in [5.41, 5.74) is 1.52. The van der Waals surface area contributed by atoms with Crippen LogP contribution in [0, 0.1) is 0 Å². The van der Waals surface area contributed by atoms with E-state index in [4.69, 9.17) is 17.0 Å². The van der Waals surface area contributed by atoms with Crippen molar-refractivity contribution in [3.63, 3.8) is 0 Å². The Bertz CT molecular complexity index is 717. The van der Waals surface area contributed by atoms with Gasteiger partial charge in [0.15, 0.2) is 5.11 Å². The number of hydrogen-bond acceptors (Lipinski definition) is 5. The van der Waals surface area contributed by atoms with E-state index in [0.717, 1.165) is 24.9 Å². The number of benzene rings is 1. The Labute approximate surface area is 161 Å². The highest BCUT2D eigenvalue weighted by Crippen LogP contribution is 2.30. The number of nitrogens with zero attached hydrogens (tertiary/aromatic N) is 2. The molecule has 1 aromatic rings. The normalized spacial score (nSPS) is 15.5. The van der Waals surface area contributed by atoms with E-state index in [1.54, 1.807) is 29.6 Å². The summed E-state index contributed by atoms with van der Waals surface area (Å²) in [5, 5.41) is 6.57. The first kappa shape index (κ1) is 20.9. The van der Waals surface area contributed by atoms with Crippen LogP contribution in [0.5, 0.6) is 0 Å². The minimum absolute atomic E-state index is 0.284. The van der Waals surface area contributed by atoms with Gasteiger partial charge in [0, 0.05) is 40.8 Å². The third-order valence-electron chi connectivity index (χ3n) is 4.24. The number of thiocarbonyl (C=S) groups is 1. The van der Waals surface area contributed by atoms with Gasteiger partial charge in [0.25, 0.3) is 0 Å². The summed E-state index contributed by atoms with van der Waals surface area (Å²) in [6.45, 7) is 2.27. The highest BCUT2D eigenvalue weighted by molar-refractivity contribution is 7.89. The minimum atomic E-state index is -3.49. The molecule has 0 unspecified atom stereocenters. The van der Waals surface area contributed by atoms with Gasteiger partial charge in [-0.05, 0) is 43.3 Å². The van der Waals surface area contributed by atoms with Crippen molar-refractivity contribution in [1.82, 2.24) is 9.62 Å². The van der Waals surface area contributed by atoms with Crippen molar-refractivity contribution in [2.45, 2.75) is 24.2 Å². The summed E-state index contributed by atoms with van der Waals surface area (Å²) in [4.78, 5) is 2.20. The third-order valence-corrected chi connectivity index (χ3v) is 6.38. The van der Waals surface area contributed by atoms with Gasteiger partial charge in [-0.15, -0.1) is 0 Å². The molecular formula is C17H28N4O3S2. The summed E-state index contributed by atoms with van der Waals surface area (Å²) in [6.07, 6.45) is 2.90. The molecule has 0 saturated carbocycles. The summed E-state index contributed by atoms with van der Waals surface area (Å²) in [5.74, 6) is 0. The molecule has 0 radical (unpaired) electrons.